The molecule has 0 atom stereocenters. The van der Waals surface area contributed by atoms with Crippen LogP contribution in [-0.4, -0.2) is 0 Å². The average Bonchev–Trinajstić information content (AvgIpc) is 3.80. The van der Waals surface area contributed by atoms with Gasteiger partial charge in [-0.05, 0) is 130 Å². The van der Waals surface area contributed by atoms with E-state index in [-0.39, 0.29) is 0 Å². The van der Waals surface area contributed by atoms with Crippen molar-refractivity contribution in [2.45, 2.75) is 0 Å². The number of anilines is 3. The second-order valence-electron chi connectivity index (χ2n) is 17.6. The van der Waals surface area contributed by atoms with Gasteiger partial charge < -0.3 is 4.90 Å². The van der Waals surface area contributed by atoms with E-state index in [9.17, 15) is 0 Å². The molecule has 0 aliphatic rings. The molecule has 13 rings (SSSR count). The van der Waals surface area contributed by atoms with Gasteiger partial charge in [0, 0.05) is 37.2 Å². The Labute approximate surface area is 400 Å². The van der Waals surface area contributed by atoms with Gasteiger partial charge >= 0.3 is 0 Å². The van der Waals surface area contributed by atoms with Crippen molar-refractivity contribution >= 4 is 80.9 Å². The fourth-order valence-electron chi connectivity index (χ4n) is 10.5. The van der Waals surface area contributed by atoms with Crippen LogP contribution in [0.25, 0.3) is 108 Å². The molecule has 0 saturated heterocycles. The molecule has 1 heterocycles. The lowest BCUT2D eigenvalue weighted by Gasteiger charge is -2.27. The van der Waals surface area contributed by atoms with Crippen LogP contribution in [0, 0.1) is 0 Å². The highest BCUT2D eigenvalue weighted by Gasteiger charge is 2.21. The highest BCUT2D eigenvalue weighted by Crippen LogP contribution is 2.48. The summed E-state index contributed by atoms with van der Waals surface area (Å²) >= 11 is 1.88. The van der Waals surface area contributed by atoms with Gasteiger partial charge in [0.15, 0.2) is 0 Å². The van der Waals surface area contributed by atoms with Gasteiger partial charge in [-0.3, -0.25) is 0 Å². The molecule has 318 valence electrons. The van der Waals surface area contributed by atoms with Crippen molar-refractivity contribution in [3.8, 4) is 55.6 Å². The maximum absolute atomic E-state index is 2.42. The number of benzene rings is 12. The fourth-order valence-corrected chi connectivity index (χ4v) is 11.7. The van der Waals surface area contributed by atoms with Gasteiger partial charge in [-0.2, -0.15) is 0 Å². The van der Waals surface area contributed by atoms with Gasteiger partial charge in [0.2, 0.25) is 0 Å². The van der Waals surface area contributed by atoms with Gasteiger partial charge in [0.25, 0.3) is 0 Å². The molecule has 0 amide bonds. The first-order valence-electron chi connectivity index (χ1n) is 23.3. The van der Waals surface area contributed by atoms with Gasteiger partial charge in [0.1, 0.15) is 0 Å². The molecule has 1 aromatic heterocycles. The molecule has 0 bridgehead atoms. The van der Waals surface area contributed by atoms with Crippen molar-refractivity contribution in [3.63, 3.8) is 0 Å². The number of nitrogens with zero attached hydrogens (tertiary/aromatic N) is 1. The first kappa shape index (κ1) is 39.8. The second-order valence-corrected chi connectivity index (χ2v) is 18.6. The fraction of sp³-hybridized carbons (Fsp3) is 0. The molecule has 0 fully saturated rings. The number of thiophene rings is 1. The SMILES string of the molecule is c1ccc(-c2c(-c3ccccc3)c3cc(N(c4ccc(-c5ccc(-c6cccc7ccccc67)cc5)cc4)c4ccc(-c5cccc6c5sc5ccccc56)cc4)ccc3c3ccccc23)cc1. The van der Waals surface area contributed by atoms with E-state index in [2.05, 4.69) is 266 Å². The van der Waals surface area contributed by atoms with Crippen molar-refractivity contribution in [1.82, 2.24) is 0 Å². The summed E-state index contributed by atoms with van der Waals surface area (Å²) in [6.07, 6.45) is 0. The predicted octanol–water partition coefficient (Wildman–Crippen LogP) is 19.3. The van der Waals surface area contributed by atoms with Crippen molar-refractivity contribution in [2.75, 3.05) is 4.90 Å². The lowest BCUT2D eigenvalue weighted by Crippen LogP contribution is -2.10. The smallest absolute Gasteiger partial charge is 0.0468 e. The molecule has 1 nitrogen and oxygen atoms in total. The van der Waals surface area contributed by atoms with Crippen LogP contribution in [0.15, 0.2) is 261 Å². The lowest BCUT2D eigenvalue weighted by molar-refractivity contribution is 1.29. The Balaban J connectivity index is 0.965. The van der Waals surface area contributed by atoms with Crippen LogP contribution in [0.1, 0.15) is 0 Å². The third-order valence-corrected chi connectivity index (χ3v) is 14.9. The van der Waals surface area contributed by atoms with Gasteiger partial charge in [-0.15, -0.1) is 11.3 Å². The van der Waals surface area contributed by atoms with Crippen molar-refractivity contribution in [2.24, 2.45) is 0 Å². The van der Waals surface area contributed by atoms with Gasteiger partial charge in [-0.25, -0.2) is 0 Å². The first-order valence-corrected chi connectivity index (χ1v) is 24.1. The van der Waals surface area contributed by atoms with E-state index in [0.29, 0.717) is 0 Å². The maximum atomic E-state index is 2.42. The van der Waals surface area contributed by atoms with E-state index < -0.39 is 0 Å². The zero-order valence-corrected chi connectivity index (χ0v) is 38.0. The summed E-state index contributed by atoms with van der Waals surface area (Å²) in [7, 11) is 0. The quantitative estimate of drug-likeness (QED) is 0.137. The van der Waals surface area contributed by atoms with Crippen LogP contribution in [0.3, 0.4) is 0 Å². The summed E-state index contributed by atoms with van der Waals surface area (Å²) < 4.78 is 2.64. The minimum absolute atomic E-state index is 1.09. The number of fused-ring (bicyclic) bond motifs is 7. The monoisotopic (exact) mass is 881 g/mol. The molecule has 0 saturated carbocycles. The zero-order valence-electron chi connectivity index (χ0n) is 37.2. The normalized spacial score (nSPS) is 11.5. The van der Waals surface area contributed by atoms with E-state index in [4.69, 9.17) is 0 Å². The van der Waals surface area contributed by atoms with Crippen molar-refractivity contribution in [3.05, 3.63) is 261 Å². The molecule has 0 aliphatic carbocycles. The van der Waals surface area contributed by atoms with Crippen molar-refractivity contribution < 1.29 is 0 Å². The van der Waals surface area contributed by atoms with E-state index in [0.717, 1.165) is 17.1 Å². The highest BCUT2D eigenvalue weighted by atomic mass is 32.1. The highest BCUT2D eigenvalue weighted by molar-refractivity contribution is 7.26. The van der Waals surface area contributed by atoms with E-state index in [1.165, 1.54) is 108 Å². The van der Waals surface area contributed by atoms with Crippen molar-refractivity contribution in [1.29, 1.82) is 0 Å². The molecule has 0 spiro atoms. The standard InChI is InChI=1S/C66H43NS/c1-3-16-49(17-4-1)64-60-24-10-9-22-57(60)58-42-41-53(43-62(58)65(64)50-18-5-2-6-19-50)67(52-39-35-48(36-40-52)56-26-14-27-61-59-23-11-12-28-63(59)68-66(56)61)51-37-33-45(34-38-51)44-29-31-47(32-30-44)55-25-13-20-46-15-7-8-21-54(46)55/h1-43H. The summed E-state index contributed by atoms with van der Waals surface area (Å²) in [6.45, 7) is 0. The van der Waals surface area contributed by atoms with E-state index in [1.807, 2.05) is 11.3 Å². The van der Waals surface area contributed by atoms with Crippen LogP contribution >= 0.6 is 11.3 Å². The summed E-state index contributed by atoms with van der Waals surface area (Å²) in [5, 5.41) is 10.1. The van der Waals surface area contributed by atoms with Crippen LogP contribution in [0.5, 0.6) is 0 Å². The summed E-state index contributed by atoms with van der Waals surface area (Å²) in [6, 6.07) is 95.7. The molecular formula is C66H43NS. The van der Waals surface area contributed by atoms with Crippen LogP contribution in [-0.2, 0) is 0 Å². The number of rotatable bonds is 8. The number of hydrogen-bond donors (Lipinski definition) is 0. The Bertz CT molecular complexity index is 3980. The molecule has 0 N–H and O–H groups in total. The topological polar surface area (TPSA) is 3.24 Å². The summed E-state index contributed by atoms with van der Waals surface area (Å²) in [5.74, 6) is 0. The Morgan fingerprint density at radius 3 is 1.41 bits per heavy atom. The number of hydrogen-bond acceptors (Lipinski definition) is 2. The van der Waals surface area contributed by atoms with Crippen LogP contribution in [0.4, 0.5) is 17.1 Å². The molecule has 0 unspecified atom stereocenters. The predicted molar refractivity (Wildman–Crippen MR) is 294 cm³/mol. The molecular weight excluding hydrogens is 839 g/mol. The minimum Gasteiger partial charge on any atom is -0.310 e. The third kappa shape index (κ3) is 6.85. The Morgan fingerprint density at radius 2 is 0.706 bits per heavy atom. The summed E-state index contributed by atoms with van der Waals surface area (Å²) in [4.78, 5) is 2.42. The Hall–Kier alpha value is -8.56. The molecule has 2 heteroatoms. The van der Waals surface area contributed by atoms with E-state index in [1.54, 1.807) is 0 Å². The average molecular weight is 882 g/mol. The van der Waals surface area contributed by atoms with Crippen LogP contribution < -0.4 is 4.90 Å². The third-order valence-electron chi connectivity index (χ3n) is 13.7. The zero-order chi connectivity index (χ0) is 45.0. The van der Waals surface area contributed by atoms with E-state index >= 15 is 0 Å². The molecule has 0 aliphatic heterocycles. The Kier molecular flexibility index (Phi) is 9.77. The van der Waals surface area contributed by atoms with Crippen LogP contribution in [0.2, 0.25) is 0 Å². The molecule has 13 aromatic rings. The Morgan fingerprint density at radius 1 is 0.250 bits per heavy atom. The first-order chi connectivity index (χ1) is 33.7. The molecule has 68 heavy (non-hydrogen) atoms. The molecule has 12 aromatic carbocycles. The molecule has 0 radical (unpaired) electrons. The lowest BCUT2D eigenvalue weighted by atomic mass is 9.85. The van der Waals surface area contributed by atoms with Gasteiger partial charge in [-0.1, -0.05) is 218 Å². The maximum Gasteiger partial charge on any atom is 0.0468 e. The summed E-state index contributed by atoms with van der Waals surface area (Å²) in [5.41, 5.74) is 15.5. The van der Waals surface area contributed by atoms with Gasteiger partial charge in [0.05, 0.1) is 0 Å². The minimum atomic E-state index is 1.09. The second kappa shape index (κ2) is 16.7. The largest absolute Gasteiger partial charge is 0.310 e.